The van der Waals surface area contributed by atoms with Crippen LogP contribution in [-0.2, 0) is 11.3 Å². The monoisotopic (exact) mass is 294 g/mol. The molecule has 6 heteroatoms. The Balaban J connectivity index is 2.42. The molecule has 0 aliphatic heterocycles. The first kappa shape index (κ1) is 17.2. The minimum absolute atomic E-state index is 0.198. The van der Waals surface area contributed by atoms with Crippen molar-refractivity contribution in [3.05, 3.63) is 23.9 Å². The normalized spacial score (nSPS) is 12.9. The summed E-state index contributed by atoms with van der Waals surface area (Å²) < 4.78 is 10.5. The topological polar surface area (TPSA) is 67.8 Å². The number of guanidine groups is 1. The van der Waals surface area contributed by atoms with Crippen LogP contribution in [0.4, 0.5) is 0 Å². The average molecular weight is 294 g/mol. The van der Waals surface area contributed by atoms with Gasteiger partial charge in [-0.15, -0.1) is 0 Å². The Kier molecular flexibility index (Phi) is 8.19. The van der Waals surface area contributed by atoms with Gasteiger partial charge in [0.15, 0.2) is 5.96 Å². The maximum absolute atomic E-state index is 5.45. The van der Waals surface area contributed by atoms with E-state index >= 15 is 0 Å². The molecular weight excluding hydrogens is 268 g/mol. The lowest BCUT2D eigenvalue weighted by atomic mass is 10.3. The summed E-state index contributed by atoms with van der Waals surface area (Å²) in [7, 11) is 3.43. The molecule has 1 heterocycles. The molecule has 0 aliphatic carbocycles. The fourth-order valence-electron chi connectivity index (χ4n) is 1.71. The van der Waals surface area contributed by atoms with E-state index in [0.717, 1.165) is 17.9 Å². The van der Waals surface area contributed by atoms with Crippen LogP contribution >= 0.6 is 0 Å². The number of nitrogens with zero attached hydrogens (tertiary/aromatic N) is 2. The van der Waals surface area contributed by atoms with Gasteiger partial charge in [0, 0.05) is 39.0 Å². The first-order chi connectivity index (χ1) is 10.2. The molecule has 0 aliphatic rings. The van der Waals surface area contributed by atoms with E-state index in [2.05, 4.69) is 27.5 Å². The summed E-state index contributed by atoms with van der Waals surface area (Å²) in [6.45, 7) is 6.09. The molecule has 1 rings (SSSR count). The van der Waals surface area contributed by atoms with Gasteiger partial charge in [0.25, 0.3) is 0 Å². The molecule has 0 saturated carbocycles. The fraction of sp³-hybridized carbons (Fsp3) is 0.600. The molecule has 0 saturated heterocycles. The molecule has 2 N–H and O–H groups in total. The van der Waals surface area contributed by atoms with Crippen molar-refractivity contribution in [2.75, 3.05) is 27.4 Å². The van der Waals surface area contributed by atoms with Crippen LogP contribution in [0.15, 0.2) is 23.3 Å². The Labute approximate surface area is 127 Å². The van der Waals surface area contributed by atoms with Gasteiger partial charge in [0.2, 0.25) is 5.88 Å². The molecule has 1 unspecified atom stereocenters. The molecule has 0 radical (unpaired) electrons. The highest BCUT2D eigenvalue weighted by Gasteiger charge is 2.04. The number of pyridine rings is 1. The number of aliphatic imine (C=N–C) groups is 1. The van der Waals surface area contributed by atoms with Crippen LogP contribution in [-0.4, -0.2) is 44.4 Å². The minimum atomic E-state index is 0.198. The Morgan fingerprint density at radius 1 is 1.43 bits per heavy atom. The lowest BCUT2D eigenvalue weighted by Gasteiger charge is -2.17. The van der Waals surface area contributed by atoms with E-state index in [1.165, 1.54) is 0 Å². The van der Waals surface area contributed by atoms with Crippen molar-refractivity contribution in [2.24, 2.45) is 4.99 Å². The van der Waals surface area contributed by atoms with Gasteiger partial charge in [-0.2, -0.15) is 0 Å². The van der Waals surface area contributed by atoms with Crippen molar-refractivity contribution in [1.82, 2.24) is 15.6 Å². The predicted octanol–water partition coefficient (Wildman–Crippen LogP) is 1.57. The van der Waals surface area contributed by atoms with Gasteiger partial charge in [-0.05, 0) is 18.9 Å². The zero-order valence-corrected chi connectivity index (χ0v) is 13.3. The van der Waals surface area contributed by atoms with Gasteiger partial charge in [0.1, 0.15) is 0 Å². The Morgan fingerprint density at radius 3 is 2.81 bits per heavy atom. The zero-order valence-electron chi connectivity index (χ0n) is 13.3. The van der Waals surface area contributed by atoms with Crippen molar-refractivity contribution in [3.63, 3.8) is 0 Å². The Bertz CT molecular complexity index is 420. The van der Waals surface area contributed by atoms with Crippen molar-refractivity contribution in [2.45, 2.75) is 32.9 Å². The molecule has 0 bridgehead atoms. The lowest BCUT2D eigenvalue weighted by Crippen LogP contribution is -2.43. The molecule has 0 spiro atoms. The first-order valence-corrected chi connectivity index (χ1v) is 7.23. The van der Waals surface area contributed by atoms with Crippen LogP contribution in [0.3, 0.4) is 0 Å². The second-order valence-electron chi connectivity index (χ2n) is 4.78. The van der Waals surface area contributed by atoms with E-state index in [4.69, 9.17) is 9.47 Å². The Hall–Kier alpha value is -1.82. The van der Waals surface area contributed by atoms with Gasteiger partial charge in [-0.3, -0.25) is 4.99 Å². The maximum Gasteiger partial charge on any atom is 0.213 e. The molecule has 1 aromatic heterocycles. The summed E-state index contributed by atoms with van der Waals surface area (Å²) in [5.41, 5.74) is 1.07. The summed E-state index contributed by atoms with van der Waals surface area (Å²) in [5, 5.41) is 6.49. The Morgan fingerprint density at radius 2 is 2.24 bits per heavy atom. The quantitative estimate of drug-likeness (QED) is 0.563. The van der Waals surface area contributed by atoms with E-state index in [1.807, 2.05) is 25.3 Å². The van der Waals surface area contributed by atoms with Crippen molar-refractivity contribution in [1.29, 1.82) is 0 Å². The van der Waals surface area contributed by atoms with Crippen molar-refractivity contribution in [3.8, 4) is 5.88 Å². The smallest absolute Gasteiger partial charge is 0.213 e. The highest BCUT2D eigenvalue weighted by Crippen LogP contribution is 2.07. The van der Waals surface area contributed by atoms with Gasteiger partial charge in [0.05, 0.1) is 13.2 Å². The highest BCUT2D eigenvalue weighted by molar-refractivity contribution is 5.79. The molecule has 0 amide bonds. The van der Waals surface area contributed by atoms with Crippen molar-refractivity contribution >= 4 is 5.96 Å². The summed E-state index contributed by atoms with van der Waals surface area (Å²) >= 11 is 0. The maximum atomic E-state index is 5.45. The summed E-state index contributed by atoms with van der Waals surface area (Å²) in [4.78, 5) is 8.45. The molecule has 21 heavy (non-hydrogen) atoms. The third-order valence-corrected chi connectivity index (χ3v) is 2.74. The molecule has 6 nitrogen and oxygen atoms in total. The first-order valence-electron chi connectivity index (χ1n) is 7.23. The summed E-state index contributed by atoms with van der Waals surface area (Å²) in [6, 6.07) is 4.08. The number of rotatable bonds is 8. The van der Waals surface area contributed by atoms with Gasteiger partial charge in [-0.25, -0.2) is 4.98 Å². The molecule has 0 aromatic carbocycles. The molecule has 1 atom stereocenters. The van der Waals surface area contributed by atoms with Gasteiger partial charge < -0.3 is 20.1 Å². The number of hydrogen-bond acceptors (Lipinski definition) is 4. The number of nitrogens with one attached hydrogen (secondary N) is 2. The summed E-state index contributed by atoms with van der Waals surface area (Å²) in [6.07, 6.45) is 2.79. The lowest BCUT2D eigenvalue weighted by molar-refractivity contribution is 0.179. The zero-order chi connectivity index (χ0) is 15.5. The standard InChI is InChI=1S/C15H26N4O2/c1-5-8-21-14-7-6-13(9-17-14)10-18-15(16-3)19-12(2)11-20-4/h6-7,9,12H,5,8,10-11H2,1-4H3,(H2,16,18,19). The van der Waals surface area contributed by atoms with Crippen molar-refractivity contribution < 1.29 is 9.47 Å². The SMILES string of the molecule is CCCOc1ccc(CNC(=NC)NC(C)COC)cn1. The van der Waals surface area contributed by atoms with Gasteiger partial charge >= 0.3 is 0 Å². The van der Waals surface area contributed by atoms with Gasteiger partial charge in [-0.1, -0.05) is 13.0 Å². The van der Waals surface area contributed by atoms with E-state index in [9.17, 15) is 0 Å². The van der Waals surface area contributed by atoms with Crippen LogP contribution in [0, 0.1) is 0 Å². The number of methoxy groups -OCH3 is 1. The molecule has 118 valence electrons. The molecular formula is C15H26N4O2. The third-order valence-electron chi connectivity index (χ3n) is 2.74. The van der Waals surface area contributed by atoms with Crippen LogP contribution in [0.25, 0.3) is 0 Å². The van der Waals surface area contributed by atoms with E-state index in [-0.39, 0.29) is 6.04 Å². The second-order valence-corrected chi connectivity index (χ2v) is 4.78. The minimum Gasteiger partial charge on any atom is -0.478 e. The largest absolute Gasteiger partial charge is 0.478 e. The predicted molar refractivity (Wildman–Crippen MR) is 84.7 cm³/mol. The van der Waals surface area contributed by atoms with E-state index < -0.39 is 0 Å². The fourth-order valence-corrected chi connectivity index (χ4v) is 1.71. The average Bonchev–Trinajstić information content (AvgIpc) is 2.50. The molecule has 1 aromatic rings. The number of aromatic nitrogens is 1. The number of hydrogen-bond donors (Lipinski definition) is 2. The van der Waals surface area contributed by atoms with Crippen LogP contribution in [0.5, 0.6) is 5.88 Å². The van der Waals surface area contributed by atoms with E-state index in [0.29, 0.717) is 25.6 Å². The van der Waals surface area contributed by atoms with Crippen LogP contribution < -0.4 is 15.4 Å². The van der Waals surface area contributed by atoms with E-state index in [1.54, 1.807) is 14.2 Å². The molecule has 0 fully saturated rings. The number of ether oxygens (including phenoxy) is 2. The van der Waals surface area contributed by atoms with Crippen LogP contribution in [0.2, 0.25) is 0 Å². The highest BCUT2D eigenvalue weighted by atomic mass is 16.5. The van der Waals surface area contributed by atoms with Crippen LogP contribution in [0.1, 0.15) is 25.8 Å². The summed E-state index contributed by atoms with van der Waals surface area (Å²) in [5.74, 6) is 1.41. The third kappa shape index (κ3) is 6.94. The second kappa shape index (κ2) is 9.99.